The number of alkyl halides is 1. The van der Waals surface area contributed by atoms with Crippen LogP contribution in [0.5, 0.6) is 5.75 Å². The third kappa shape index (κ3) is 7.09. The second-order valence-corrected chi connectivity index (χ2v) is 5.53. The van der Waals surface area contributed by atoms with Gasteiger partial charge in [-0.15, -0.1) is 0 Å². The zero-order valence-electron chi connectivity index (χ0n) is 12.0. The smallest absolute Gasteiger partial charge is 0.226 e. The van der Waals surface area contributed by atoms with E-state index in [0.717, 1.165) is 22.3 Å². The molecule has 5 heteroatoms. The predicted molar refractivity (Wildman–Crippen MR) is 89.8 cm³/mol. The number of hydrogen-bond donors (Lipinski definition) is 1. The Morgan fingerprint density at radius 3 is 2.60 bits per heavy atom. The van der Waals surface area contributed by atoms with E-state index in [2.05, 4.69) is 34.8 Å². The van der Waals surface area contributed by atoms with Gasteiger partial charge in [-0.3, -0.25) is 4.79 Å². The molecule has 1 N–H and O–H groups in total. The van der Waals surface area contributed by atoms with Gasteiger partial charge >= 0.3 is 0 Å². The van der Waals surface area contributed by atoms with E-state index in [1.807, 2.05) is 31.2 Å². The Morgan fingerprint density at radius 1 is 1.30 bits per heavy atom. The first-order valence-corrected chi connectivity index (χ1v) is 8.38. The number of hydrogen-bond acceptors (Lipinski definition) is 3. The Balaban J connectivity index is 2.31. The fourth-order valence-corrected chi connectivity index (χ4v) is 1.71. The fraction of sp³-hybridized carbons (Fsp3) is 0.533. The standard InChI is InChI=1S/C15H22INO3/c1-3-12(2)19-10-8-15(18)17-13-4-6-14(7-5-13)20-11-9-16/h4-7,12H,3,8-11H2,1-2H3,(H,17,18). The molecule has 0 fully saturated rings. The molecular weight excluding hydrogens is 369 g/mol. The lowest BCUT2D eigenvalue weighted by atomic mass is 10.3. The molecule has 112 valence electrons. The van der Waals surface area contributed by atoms with Crippen LogP contribution in [0, 0.1) is 0 Å². The normalized spacial score (nSPS) is 11.9. The summed E-state index contributed by atoms with van der Waals surface area (Å²) in [5, 5.41) is 2.84. The molecule has 0 aliphatic heterocycles. The molecule has 20 heavy (non-hydrogen) atoms. The van der Waals surface area contributed by atoms with Crippen LogP contribution >= 0.6 is 22.6 Å². The van der Waals surface area contributed by atoms with Crippen molar-refractivity contribution in [1.29, 1.82) is 0 Å². The Hall–Kier alpha value is -0.820. The summed E-state index contributed by atoms with van der Waals surface area (Å²) in [6, 6.07) is 7.40. The first-order valence-electron chi connectivity index (χ1n) is 6.86. The molecule has 0 saturated heterocycles. The van der Waals surface area contributed by atoms with E-state index >= 15 is 0 Å². The number of halogens is 1. The summed E-state index contributed by atoms with van der Waals surface area (Å²) in [6.07, 6.45) is 1.54. The van der Waals surface area contributed by atoms with Gasteiger partial charge in [0.05, 0.1) is 25.7 Å². The van der Waals surface area contributed by atoms with Crippen molar-refractivity contribution in [3.8, 4) is 5.75 Å². The summed E-state index contributed by atoms with van der Waals surface area (Å²) < 4.78 is 11.9. The highest BCUT2D eigenvalue weighted by Crippen LogP contribution is 2.16. The molecule has 1 rings (SSSR count). The summed E-state index contributed by atoms with van der Waals surface area (Å²) in [6.45, 7) is 5.22. The molecule has 0 aromatic heterocycles. The fourth-order valence-electron chi connectivity index (χ4n) is 1.49. The van der Waals surface area contributed by atoms with Gasteiger partial charge in [-0.25, -0.2) is 0 Å². The van der Waals surface area contributed by atoms with Crippen molar-refractivity contribution in [2.24, 2.45) is 0 Å². The molecule has 1 unspecified atom stereocenters. The molecule has 1 atom stereocenters. The predicted octanol–water partition coefficient (Wildman–Crippen LogP) is 3.64. The minimum atomic E-state index is -0.0331. The van der Waals surface area contributed by atoms with Crippen molar-refractivity contribution in [3.63, 3.8) is 0 Å². The maximum atomic E-state index is 11.7. The van der Waals surface area contributed by atoms with Crippen LogP contribution < -0.4 is 10.1 Å². The molecule has 0 radical (unpaired) electrons. The lowest BCUT2D eigenvalue weighted by Crippen LogP contribution is -2.16. The average molecular weight is 391 g/mol. The number of anilines is 1. The third-order valence-corrected chi connectivity index (χ3v) is 3.23. The van der Waals surface area contributed by atoms with E-state index in [4.69, 9.17) is 9.47 Å². The second-order valence-electron chi connectivity index (χ2n) is 4.45. The second kappa shape index (κ2) is 9.99. The van der Waals surface area contributed by atoms with Gasteiger partial charge < -0.3 is 14.8 Å². The minimum Gasteiger partial charge on any atom is -0.493 e. The van der Waals surface area contributed by atoms with Gasteiger partial charge in [0.2, 0.25) is 5.91 Å². The van der Waals surface area contributed by atoms with Crippen molar-refractivity contribution >= 4 is 34.2 Å². The third-order valence-electron chi connectivity index (χ3n) is 2.79. The van der Waals surface area contributed by atoms with Gasteiger partial charge in [0.15, 0.2) is 0 Å². The molecule has 0 bridgehead atoms. The highest BCUT2D eigenvalue weighted by molar-refractivity contribution is 14.1. The van der Waals surface area contributed by atoms with Crippen LogP contribution in [-0.2, 0) is 9.53 Å². The van der Waals surface area contributed by atoms with Crippen molar-refractivity contribution in [2.75, 3.05) is 23.0 Å². The Bertz CT molecular complexity index is 395. The van der Waals surface area contributed by atoms with E-state index in [1.165, 1.54) is 0 Å². The van der Waals surface area contributed by atoms with Crippen LogP contribution in [0.3, 0.4) is 0 Å². The van der Waals surface area contributed by atoms with Crippen LogP contribution in [0.2, 0.25) is 0 Å². The number of carbonyl (C=O) groups is 1. The van der Waals surface area contributed by atoms with Crippen molar-refractivity contribution in [2.45, 2.75) is 32.8 Å². The quantitative estimate of drug-likeness (QED) is 0.517. The lowest BCUT2D eigenvalue weighted by Gasteiger charge is -2.10. The van der Waals surface area contributed by atoms with Crippen LogP contribution in [0.1, 0.15) is 26.7 Å². The maximum absolute atomic E-state index is 11.7. The van der Waals surface area contributed by atoms with E-state index < -0.39 is 0 Å². The van der Waals surface area contributed by atoms with Crippen molar-refractivity contribution < 1.29 is 14.3 Å². The molecule has 0 heterocycles. The van der Waals surface area contributed by atoms with Gasteiger partial charge in [-0.1, -0.05) is 29.5 Å². The molecule has 0 saturated carbocycles. The largest absolute Gasteiger partial charge is 0.493 e. The highest BCUT2D eigenvalue weighted by Gasteiger charge is 2.04. The Kier molecular flexibility index (Phi) is 8.60. The number of ether oxygens (including phenoxy) is 2. The molecule has 1 aromatic carbocycles. The number of carbonyl (C=O) groups excluding carboxylic acids is 1. The van der Waals surface area contributed by atoms with E-state index in [-0.39, 0.29) is 12.0 Å². The highest BCUT2D eigenvalue weighted by atomic mass is 127. The molecule has 0 aliphatic rings. The minimum absolute atomic E-state index is 0.0331. The van der Waals surface area contributed by atoms with Gasteiger partial charge in [0.1, 0.15) is 5.75 Å². The number of nitrogens with one attached hydrogen (secondary N) is 1. The summed E-state index contributed by atoms with van der Waals surface area (Å²) in [4.78, 5) is 11.7. The average Bonchev–Trinajstić information content (AvgIpc) is 2.46. The maximum Gasteiger partial charge on any atom is 0.226 e. The molecule has 1 amide bonds. The number of benzene rings is 1. The Morgan fingerprint density at radius 2 is 2.00 bits per heavy atom. The van der Waals surface area contributed by atoms with Crippen molar-refractivity contribution in [1.82, 2.24) is 0 Å². The summed E-state index contributed by atoms with van der Waals surface area (Å²) >= 11 is 2.26. The monoisotopic (exact) mass is 391 g/mol. The topological polar surface area (TPSA) is 47.6 Å². The van der Waals surface area contributed by atoms with Crippen LogP contribution in [0.4, 0.5) is 5.69 Å². The van der Waals surface area contributed by atoms with Crippen LogP contribution in [-0.4, -0.2) is 29.7 Å². The van der Waals surface area contributed by atoms with Gasteiger partial charge in [-0.2, -0.15) is 0 Å². The molecule has 0 spiro atoms. The summed E-state index contributed by atoms with van der Waals surface area (Å²) in [7, 11) is 0. The Labute approximate surface area is 134 Å². The first-order chi connectivity index (χ1) is 9.65. The summed E-state index contributed by atoms with van der Waals surface area (Å²) in [5.41, 5.74) is 0.778. The van der Waals surface area contributed by atoms with E-state index in [1.54, 1.807) is 0 Å². The van der Waals surface area contributed by atoms with E-state index in [9.17, 15) is 4.79 Å². The lowest BCUT2D eigenvalue weighted by molar-refractivity contribution is -0.117. The van der Waals surface area contributed by atoms with Gasteiger partial charge in [-0.05, 0) is 37.6 Å². The SMILES string of the molecule is CCC(C)OCCC(=O)Nc1ccc(OCCI)cc1. The number of amides is 1. The summed E-state index contributed by atoms with van der Waals surface area (Å²) in [5.74, 6) is 0.786. The van der Waals surface area contributed by atoms with Crippen LogP contribution in [0.15, 0.2) is 24.3 Å². The van der Waals surface area contributed by atoms with Gasteiger partial charge in [0.25, 0.3) is 0 Å². The molecule has 0 aliphatic carbocycles. The van der Waals surface area contributed by atoms with E-state index in [0.29, 0.717) is 19.6 Å². The molecule has 1 aromatic rings. The molecule has 4 nitrogen and oxygen atoms in total. The van der Waals surface area contributed by atoms with Crippen LogP contribution in [0.25, 0.3) is 0 Å². The number of rotatable bonds is 9. The zero-order chi connectivity index (χ0) is 14.8. The van der Waals surface area contributed by atoms with Gasteiger partial charge in [0, 0.05) is 10.1 Å². The first kappa shape index (κ1) is 17.2. The zero-order valence-corrected chi connectivity index (χ0v) is 14.2. The van der Waals surface area contributed by atoms with Crippen molar-refractivity contribution in [3.05, 3.63) is 24.3 Å². The molecular formula is C15H22INO3.